The lowest BCUT2D eigenvalue weighted by Gasteiger charge is -2.35. The second-order valence-electron chi connectivity index (χ2n) is 7.28. The Morgan fingerprint density at radius 1 is 1.33 bits per heavy atom. The highest BCUT2D eigenvalue weighted by molar-refractivity contribution is 9.10. The van der Waals surface area contributed by atoms with Crippen LogP contribution in [0.2, 0.25) is 0 Å². The first-order valence-corrected chi connectivity index (χ1v) is 8.89. The van der Waals surface area contributed by atoms with Gasteiger partial charge in [-0.05, 0) is 49.2 Å². The number of halogens is 1. The van der Waals surface area contributed by atoms with Crippen molar-refractivity contribution in [3.63, 3.8) is 0 Å². The molecule has 24 heavy (non-hydrogen) atoms. The second-order valence-corrected chi connectivity index (χ2v) is 8.14. The van der Waals surface area contributed by atoms with E-state index in [2.05, 4.69) is 25.9 Å². The fourth-order valence-corrected chi connectivity index (χ4v) is 3.57. The van der Waals surface area contributed by atoms with E-state index in [0.717, 1.165) is 28.9 Å². The summed E-state index contributed by atoms with van der Waals surface area (Å²) in [4.78, 5) is 21.2. The van der Waals surface area contributed by atoms with E-state index >= 15 is 0 Å². The molecule has 0 aromatic carbocycles. The number of carbonyl (C=O) groups is 1. The van der Waals surface area contributed by atoms with E-state index in [1.54, 1.807) is 10.7 Å². The Kier molecular flexibility index (Phi) is 3.49. The summed E-state index contributed by atoms with van der Waals surface area (Å²) in [7, 11) is 0. The molecule has 0 radical (unpaired) electrons. The van der Waals surface area contributed by atoms with Crippen LogP contribution in [0.15, 0.2) is 22.9 Å². The molecule has 2 aromatic rings. The van der Waals surface area contributed by atoms with E-state index in [4.69, 9.17) is 9.72 Å². The highest BCUT2D eigenvalue weighted by Gasteiger charge is 2.52. The Morgan fingerprint density at radius 3 is 2.88 bits per heavy atom. The van der Waals surface area contributed by atoms with E-state index in [9.17, 15) is 4.79 Å². The van der Waals surface area contributed by atoms with Gasteiger partial charge in [0.25, 0.3) is 0 Å². The first kappa shape index (κ1) is 15.7. The number of ether oxygens (including phenoxy) is 1. The maximum Gasteiger partial charge on any atom is 0.410 e. The second kappa shape index (κ2) is 5.34. The van der Waals surface area contributed by atoms with E-state index < -0.39 is 5.60 Å². The predicted octanol–water partition coefficient (Wildman–Crippen LogP) is 2.69. The molecule has 1 amide bonds. The van der Waals surface area contributed by atoms with Gasteiger partial charge in [0.15, 0.2) is 5.65 Å². The molecule has 0 N–H and O–H groups in total. The van der Waals surface area contributed by atoms with Gasteiger partial charge in [0, 0.05) is 19.3 Å². The smallest absolute Gasteiger partial charge is 0.410 e. The van der Waals surface area contributed by atoms with Gasteiger partial charge in [0.1, 0.15) is 11.4 Å². The van der Waals surface area contributed by atoms with Crippen LogP contribution in [0.5, 0.6) is 0 Å². The van der Waals surface area contributed by atoms with Gasteiger partial charge in [0.2, 0.25) is 0 Å². The highest BCUT2D eigenvalue weighted by Crippen LogP contribution is 2.39. The molecular weight excluding hydrogens is 374 g/mol. The largest absolute Gasteiger partial charge is 0.444 e. The molecule has 2 unspecified atom stereocenters. The van der Waals surface area contributed by atoms with Crippen LogP contribution in [0.1, 0.15) is 27.2 Å². The third kappa shape index (κ3) is 2.72. The van der Waals surface area contributed by atoms with Gasteiger partial charge in [-0.2, -0.15) is 5.10 Å². The monoisotopic (exact) mass is 393 g/mol. The summed E-state index contributed by atoms with van der Waals surface area (Å²) in [5, 5.41) is 4.22. The number of aromatic nitrogens is 3. The number of hydrogen-bond donors (Lipinski definition) is 0. The molecule has 8 heteroatoms. The molecule has 1 aliphatic heterocycles. The molecule has 4 rings (SSSR count). The summed E-state index contributed by atoms with van der Waals surface area (Å²) in [5.74, 6) is 0.931. The van der Waals surface area contributed by atoms with Crippen LogP contribution in [-0.2, 0) is 4.74 Å². The Morgan fingerprint density at radius 2 is 2.12 bits per heavy atom. The molecule has 2 aromatic heterocycles. The molecule has 7 nitrogen and oxygen atoms in total. The fourth-order valence-electron chi connectivity index (χ4n) is 3.21. The molecular formula is C16H20BrN5O2. The Balaban J connectivity index is 1.50. The van der Waals surface area contributed by atoms with Crippen molar-refractivity contribution in [3.8, 4) is 0 Å². The minimum atomic E-state index is -0.459. The van der Waals surface area contributed by atoms with Gasteiger partial charge >= 0.3 is 6.09 Å². The van der Waals surface area contributed by atoms with E-state index in [1.807, 2.05) is 37.9 Å². The summed E-state index contributed by atoms with van der Waals surface area (Å²) in [5.41, 5.74) is 0.346. The first-order valence-electron chi connectivity index (χ1n) is 8.10. The van der Waals surface area contributed by atoms with Gasteiger partial charge in [-0.15, -0.1) is 0 Å². The van der Waals surface area contributed by atoms with Gasteiger partial charge in [-0.3, -0.25) is 0 Å². The van der Waals surface area contributed by atoms with Crippen molar-refractivity contribution in [2.24, 2.45) is 0 Å². The lowest BCUT2D eigenvalue weighted by molar-refractivity contribution is 0.0218. The standard InChI is InChI=1S/C16H20BrN5O2/c1-16(2,3)24-15(23)21-7-6-20(11-8-12(11)21)13-4-5-22-14(19-13)10(17)9-18-22/h4-5,9,11-12H,6-8H2,1-3H3. The van der Waals surface area contributed by atoms with Crippen molar-refractivity contribution in [3.05, 3.63) is 22.9 Å². The zero-order chi connectivity index (χ0) is 17.1. The van der Waals surface area contributed by atoms with Gasteiger partial charge in [-0.1, -0.05) is 0 Å². The van der Waals surface area contributed by atoms with Crippen molar-refractivity contribution >= 4 is 33.5 Å². The summed E-state index contributed by atoms with van der Waals surface area (Å²) >= 11 is 3.47. The average Bonchev–Trinajstić information content (AvgIpc) is 3.22. The highest BCUT2D eigenvalue weighted by atomic mass is 79.9. The number of amides is 1. The molecule has 2 fully saturated rings. The quantitative estimate of drug-likeness (QED) is 0.744. The summed E-state index contributed by atoms with van der Waals surface area (Å²) in [6.07, 6.45) is 4.41. The van der Waals surface area contributed by atoms with Crippen LogP contribution in [0.25, 0.3) is 5.65 Å². The number of rotatable bonds is 1. The van der Waals surface area contributed by atoms with Crippen LogP contribution < -0.4 is 4.90 Å². The van der Waals surface area contributed by atoms with Crippen molar-refractivity contribution in [2.75, 3.05) is 18.0 Å². The SMILES string of the molecule is CC(C)(C)OC(=O)N1CCN(c2ccn3ncc(Br)c3n2)C2CC21. The number of anilines is 1. The molecule has 1 aliphatic carbocycles. The molecule has 0 bridgehead atoms. The molecule has 1 saturated carbocycles. The Hall–Kier alpha value is -1.83. The summed E-state index contributed by atoms with van der Waals surface area (Å²) in [6, 6.07) is 2.52. The number of piperazine rings is 1. The number of nitrogens with zero attached hydrogens (tertiary/aromatic N) is 5. The van der Waals surface area contributed by atoms with Crippen LogP contribution in [-0.4, -0.2) is 56.4 Å². The van der Waals surface area contributed by atoms with Gasteiger partial charge in [-0.25, -0.2) is 14.3 Å². The predicted molar refractivity (Wildman–Crippen MR) is 93.2 cm³/mol. The van der Waals surface area contributed by atoms with Gasteiger partial charge in [0.05, 0.1) is 22.8 Å². The van der Waals surface area contributed by atoms with Crippen molar-refractivity contribution in [1.29, 1.82) is 0 Å². The Bertz CT molecular complexity index is 799. The first-order chi connectivity index (χ1) is 11.3. The van der Waals surface area contributed by atoms with Crippen LogP contribution >= 0.6 is 15.9 Å². The Labute approximate surface area is 148 Å². The number of hydrogen-bond acceptors (Lipinski definition) is 5. The van der Waals surface area contributed by atoms with Crippen LogP contribution in [0.4, 0.5) is 10.6 Å². The van der Waals surface area contributed by atoms with E-state index in [0.29, 0.717) is 12.6 Å². The van der Waals surface area contributed by atoms with Crippen LogP contribution in [0.3, 0.4) is 0 Å². The lowest BCUT2D eigenvalue weighted by Crippen LogP contribution is -2.50. The van der Waals surface area contributed by atoms with E-state index in [-0.39, 0.29) is 12.1 Å². The lowest BCUT2D eigenvalue weighted by atomic mass is 10.2. The minimum Gasteiger partial charge on any atom is -0.444 e. The zero-order valence-electron chi connectivity index (χ0n) is 13.9. The van der Waals surface area contributed by atoms with E-state index in [1.165, 1.54) is 0 Å². The molecule has 0 spiro atoms. The van der Waals surface area contributed by atoms with Crippen molar-refractivity contribution in [2.45, 2.75) is 44.9 Å². The molecule has 128 valence electrons. The van der Waals surface area contributed by atoms with Crippen LogP contribution in [0, 0.1) is 0 Å². The maximum absolute atomic E-state index is 12.3. The minimum absolute atomic E-state index is 0.211. The third-order valence-electron chi connectivity index (χ3n) is 4.34. The fraction of sp³-hybridized carbons (Fsp3) is 0.562. The third-order valence-corrected chi connectivity index (χ3v) is 4.90. The van der Waals surface area contributed by atoms with Crippen molar-refractivity contribution < 1.29 is 9.53 Å². The summed E-state index contributed by atoms with van der Waals surface area (Å²) < 4.78 is 8.14. The normalized spacial score (nSPS) is 23.3. The van der Waals surface area contributed by atoms with Crippen molar-refractivity contribution in [1.82, 2.24) is 19.5 Å². The average molecular weight is 394 g/mol. The zero-order valence-corrected chi connectivity index (χ0v) is 15.5. The molecule has 1 saturated heterocycles. The summed E-state index contributed by atoms with van der Waals surface area (Å²) in [6.45, 7) is 7.11. The molecule has 2 atom stereocenters. The molecule has 2 aliphatic rings. The number of fused-ring (bicyclic) bond motifs is 2. The molecule has 3 heterocycles. The topological polar surface area (TPSA) is 63.0 Å². The maximum atomic E-state index is 12.3. The van der Waals surface area contributed by atoms with Gasteiger partial charge < -0.3 is 14.5 Å². The number of carbonyl (C=O) groups excluding carboxylic acids is 1.